The summed E-state index contributed by atoms with van der Waals surface area (Å²) in [6, 6.07) is 28.7. The van der Waals surface area contributed by atoms with Crippen LogP contribution in [0.5, 0.6) is 5.75 Å². The normalized spacial score (nSPS) is 17.6. The molecule has 12 heteroatoms. The van der Waals surface area contributed by atoms with Crippen LogP contribution in [-0.4, -0.2) is 35.8 Å². The van der Waals surface area contributed by atoms with Crippen molar-refractivity contribution >= 4 is 35.4 Å². The van der Waals surface area contributed by atoms with E-state index in [0.29, 0.717) is 23.6 Å². The van der Waals surface area contributed by atoms with Crippen LogP contribution in [0.3, 0.4) is 0 Å². The Morgan fingerprint density at radius 1 is 0.938 bits per heavy atom. The highest BCUT2D eigenvalue weighted by Gasteiger charge is 2.50. The third kappa shape index (κ3) is 8.48. The lowest BCUT2D eigenvalue weighted by Gasteiger charge is -2.25. The van der Waals surface area contributed by atoms with Gasteiger partial charge in [0.1, 0.15) is 17.7 Å². The van der Waals surface area contributed by atoms with Crippen LogP contribution in [0.4, 0.5) is 23.7 Å². The molecule has 3 N–H and O–H groups in total. The Bertz CT molecular complexity index is 1750. The molecule has 250 valence electrons. The molecule has 0 bridgehead atoms. The molecule has 3 amide bonds. The molecule has 1 aliphatic heterocycles. The SMILES string of the molecule is CC1(CCOC(=O)NCCc2cccc(C(F)(F)F)c2)SC(c2ccc(OCc3ccccc3)cc2)N(c2cccc(C(N)=O)c2)C1=O. The minimum atomic E-state index is -4.45. The first kappa shape index (κ1) is 34.4. The summed E-state index contributed by atoms with van der Waals surface area (Å²) in [6.07, 6.45) is -4.83. The van der Waals surface area contributed by atoms with E-state index in [1.165, 1.54) is 17.8 Å². The standard InChI is InChI=1S/C36H34F3N3O5S/c1-35(18-20-46-34(45)41-19-17-24-9-5-11-28(21-24)36(37,38)39)33(44)42(29-12-6-10-27(22-29)31(40)43)32(48-35)26-13-15-30(16-14-26)47-23-25-7-3-2-4-8-25/h2-16,21-22,32H,17-20,23H2,1H3,(H2,40,43)(H,41,45). The predicted octanol–water partition coefficient (Wildman–Crippen LogP) is 7.28. The number of hydrogen-bond acceptors (Lipinski definition) is 6. The Morgan fingerprint density at radius 2 is 1.65 bits per heavy atom. The second-order valence-corrected chi connectivity index (χ2v) is 13.0. The minimum Gasteiger partial charge on any atom is -0.489 e. The number of nitrogens with zero attached hydrogens (tertiary/aromatic N) is 1. The van der Waals surface area contributed by atoms with Gasteiger partial charge in [0.15, 0.2) is 0 Å². The Morgan fingerprint density at radius 3 is 2.35 bits per heavy atom. The van der Waals surface area contributed by atoms with Crippen LogP contribution in [0, 0.1) is 0 Å². The Hall–Kier alpha value is -4.97. The molecule has 0 radical (unpaired) electrons. The number of nitrogens with one attached hydrogen (secondary N) is 1. The second-order valence-electron chi connectivity index (χ2n) is 11.4. The van der Waals surface area contributed by atoms with E-state index in [1.54, 1.807) is 42.2 Å². The van der Waals surface area contributed by atoms with Gasteiger partial charge in [0.2, 0.25) is 11.8 Å². The van der Waals surface area contributed by atoms with Crippen LogP contribution in [-0.2, 0) is 28.7 Å². The number of halogens is 3. The average molecular weight is 678 g/mol. The average Bonchev–Trinajstić information content (AvgIpc) is 3.34. The number of carbonyl (C=O) groups excluding carboxylic acids is 3. The van der Waals surface area contributed by atoms with Gasteiger partial charge < -0.3 is 20.5 Å². The first-order valence-electron chi connectivity index (χ1n) is 15.2. The molecular formula is C36H34F3N3O5S. The van der Waals surface area contributed by atoms with Crippen LogP contribution in [0.1, 0.15) is 51.3 Å². The van der Waals surface area contributed by atoms with Gasteiger partial charge in [-0.3, -0.25) is 14.5 Å². The zero-order valence-corrected chi connectivity index (χ0v) is 26.9. The molecule has 5 rings (SSSR count). The third-order valence-corrected chi connectivity index (χ3v) is 9.45. The minimum absolute atomic E-state index is 0.0716. The summed E-state index contributed by atoms with van der Waals surface area (Å²) in [7, 11) is 0. The lowest BCUT2D eigenvalue weighted by Crippen LogP contribution is -2.38. The maximum atomic E-state index is 14.0. The van der Waals surface area contributed by atoms with Gasteiger partial charge in [0.05, 0.1) is 16.9 Å². The summed E-state index contributed by atoms with van der Waals surface area (Å²) in [4.78, 5) is 40.0. The first-order valence-corrected chi connectivity index (χ1v) is 16.1. The van der Waals surface area contributed by atoms with Crippen LogP contribution in [0.15, 0.2) is 103 Å². The number of hydrogen-bond donors (Lipinski definition) is 2. The molecule has 0 aromatic heterocycles. The number of primary amides is 1. The fourth-order valence-electron chi connectivity index (χ4n) is 5.23. The van der Waals surface area contributed by atoms with Crippen molar-refractivity contribution in [3.63, 3.8) is 0 Å². The van der Waals surface area contributed by atoms with E-state index < -0.39 is 33.9 Å². The van der Waals surface area contributed by atoms with Crippen molar-refractivity contribution in [3.8, 4) is 5.75 Å². The number of benzene rings is 4. The molecule has 48 heavy (non-hydrogen) atoms. The number of thioether (sulfide) groups is 1. The van der Waals surface area contributed by atoms with Crippen molar-refractivity contribution in [2.24, 2.45) is 5.73 Å². The molecule has 1 fully saturated rings. The van der Waals surface area contributed by atoms with Crippen LogP contribution in [0.25, 0.3) is 0 Å². The number of ether oxygens (including phenoxy) is 2. The number of carbonyl (C=O) groups is 3. The largest absolute Gasteiger partial charge is 0.489 e. The van der Waals surface area contributed by atoms with Crippen molar-refractivity contribution in [2.45, 2.75) is 42.7 Å². The molecule has 0 aliphatic carbocycles. The Labute approximate surface area is 280 Å². The highest BCUT2D eigenvalue weighted by Crippen LogP contribution is 2.53. The van der Waals surface area contributed by atoms with Gasteiger partial charge in [0.25, 0.3) is 0 Å². The van der Waals surface area contributed by atoms with Gasteiger partial charge in [0, 0.05) is 24.2 Å². The van der Waals surface area contributed by atoms with E-state index >= 15 is 0 Å². The van der Waals surface area contributed by atoms with Crippen LogP contribution < -0.4 is 20.7 Å². The molecular weight excluding hydrogens is 643 g/mol. The van der Waals surface area contributed by atoms with Gasteiger partial charge in [-0.25, -0.2) is 4.79 Å². The molecule has 1 saturated heterocycles. The molecule has 2 atom stereocenters. The molecule has 1 heterocycles. The fraction of sp³-hybridized carbons (Fsp3) is 0.250. The molecule has 0 saturated carbocycles. The van der Waals surface area contributed by atoms with Crippen molar-refractivity contribution in [1.29, 1.82) is 0 Å². The molecule has 4 aromatic carbocycles. The number of nitrogens with two attached hydrogens (primary N) is 1. The van der Waals surface area contributed by atoms with Crippen LogP contribution >= 0.6 is 11.8 Å². The van der Waals surface area contributed by atoms with Crippen LogP contribution in [0.2, 0.25) is 0 Å². The number of alkyl carbamates (subject to hydrolysis) is 1. The first-order chi connectivity index (χ1) is 22.9. The van der Waals surface area contributed by atoms with E-state index in [1.807, 2.05) is 54.6 Å². The van der Waals surface area contributed by atoms with E-state index in [9.17, 15) is 27.6 Å². The van der Waals surface area contributed by atoms with E-state index in [4.69, 9.17) is 15.2 Å². The quantitative estimate of drug-likeness (QED) is 0.163. The molecule has 4 aromatic rings. The summed E-state index contributed by atoms with van der Waals surface area (Å²) >= 11 is 1.39. The van der Waals surface area contributed by atoms with E-state index in [2.05, 4.69) is 5.32 Å². The zero-order chi connectivity index (χ0) is 34.3. The number of anilines is 1. The summed E-state index contributed by atoms with van der Waals surface area (Å²) in [6.45, 7) is 2.16. The number of amides is 3. The van der Waals surface area contributed by atoms with Crippen molar-refractivity contribution in [3.05, 3.63) is 131 Å². The number of alkyl halides is 3. The zero-order valence-electron chi connectivity index (χ0n) is 26.0. The molecule has 8 nitrogen and oxygen atoms in total. The van der Waals surface area contributed by atoms with Gasteiger partial charge in [-0.15, -0.1) is 11.8 Å². The third-order valence-electron chi connectivity index (χ3n) is 7.85. The summed E-state index contributed by atoms with van der Waals surface area (Å²) in [5.41, 5.74) is 7.80. The topological polar surface area (TPSA) is 111 Å². The molecule has 2 unspecified atom stereocenters. The maximum Gasteiger partial charge on any atom is 0.416 e. The van der Waals surface area contributed by atoms with Gasteiger partial charge in [-0.05, 0) is 66.4 Å². The summed E-state index contributed by atoms with van der Waals surface area (Å²) < 4.78 is 49.3. The second kappa shape index (κ2) is 14.8. The number of rotatable bonds is 12. The summed E-state index contributed by atoms with van der Waals surface area (Å²) in [5, 5.41) is 2.07. The summed E-state index contributed by atoms with van der Waals surface area (Å²) in [5.74, 6) is -0.200. The van der Waals surface area contributed by atoms with Gasteiger partial charge >= 0.3 is 12.3 Å². The van der Waals surface area contributed by atoms with Crippen molar-refractivity contribution < 1.29 is 37.0 Å². The Balaban J connectivity index is 1.24. The fourth-order valence-corrected chi connectivity index (χ4v) is 6.74. The Kier molecular flexibility index (Phi) is 10.6. The van der Waals surface area contributed by atoms with Crippen molar-refractivity contribution in [1.82, 2.24) is 5.32 Å². The predicted molar refractivity (Wildman–Crippen MR) is 178 cm³/mol. The van der Waals surface area contributed by atoms with Gasteiger partial charge in [-0.2, -0.15) is 13.2 Å². The smallest absolute Gasteiger partial charge is 0.416 e. The van der Waals surface area contributed by atoms with Crippen molar-refractivity contribution in [2.75, 3.05) is 18.1 Å². The maximum absolute atomic E-state index is 14.0. The monoisotopic (exact) mass is 677 g/mol. The van der Waals surface area contributed by atoms with Gasteiger partial charge in [-0.1, -0.05) is 66.7 Å². The highest BCUT2D eigenvalue weighted by atomic mass is 32.2. The molecule has 1 aliphatic rings. The molecule has 0 spiro atoms. The van der Waals surface area contributed by atoms with E-state index in [0.717, 1.165) is 23.3 Å². The highest BCUT2D eigenvalue weighted by molar-refractivity contribution is 8.02. The van der Waals surface area contributed by atoms with E-state index in [-0.39, 0.29) is 37.5 Å². The lowest BCUT2D eigenvalue weighted by atomic mass is 10.0. The lowest BCUT2D eigenvalue weighted by molar-refractivity contribution is -0.137.